The molecule has 5 nitrogen and oxygen atoms in total. The third-order valence-electron chi connectivity index (χ3n) is 1.61. The molecule has 1 radical (unpaired) electrons. The van der Waals surface area contributed by atoms with Crippen LogP contribution in [0.25, 0.3) is 0 Å². The number of rotatable bonds is 4. The highest BCUT2D eigenvalue weighted by Crippen LogP contribution is 2.02. The molecule has 0 bridgehead atoms. The quantitative estimate of drug-likeness (QED) is 0.746. The summed E-state index contributed by atoms with van der Waals surface area (Å²) in [6.45, 7) is 1.75. The van der Waals surface area contributed by atoms with Crippen LogP contribution >= 0.6 is 0 Å². The zero-order valence-electron chi connectivity index (χ0n) is 8.41. The summed E-state index contributed by atoms with van der Waals surface area (Å²) in [5, 5.41) is 5.17. The zero-order valence-corrected chi connectivity index (χ0v) is 8.41. The Morgan fingerprint density at radius 2 is 2.33 bits per heavy atom. The van der Waals surface area contributed by atoms with E-state index in [2.05, 4.69) is 21.7 Å². The molecular formula is C10H12N3O2. The molecule has 0 aliphatic heterocycles. The summed E-state index contributed by atoms with van der Waals surface area (Å²) < 4.78 is 0. The van der Waals surface area contributed by atoms with Crippen molar-refractivity contribution in [2.45, 2.75) is 13.3 Å². The van der Waals surface area contributed by atoms with Crippen LogP contribution in [0.4, 0.5) is 5.69 Å². The molecule has 1 aromatic rings. The number of hydrogen-bond donors (Lipinski definition) is 2. The van der Waals surface area contributed by atoms with E-state index < -0.39 is 0 Å². The largest absolute Gasteiger partial charge is 0.356 e. The van der Waals surface area contributed by atoms with Gasteiger partial charge in [0.1, 0.15) is 0 Å². The Kier molecular flexibility index (Phi) is 4.28. The highest BCUT2D eigenvalue weighted by molar-refractivity contribution is 5.90. The highest BCUT2D eigenvalue weighted by atomic mass is 16.2. The summed E-state index contributed by atoms with van der Waals surface area (Å²) in [6.07, 6.45) is 3.29. The first-order chi connectivity index (χ1) is 7.18. The van der Waals surface area contributed by atoms with Gasteiger partial charge >= 0.3 is 0 Å². The summed E-state index contributed by atoms with van der Waals surface area (Å²) in [4.78, 5) is 25.6. The molecular weight excluding hydrogens is 194 g/mol. The Bertz CT molecular complexity index is 338. The second kappa shape index (κ2) is 5.74. The molecule has 0 spiro atoms. The average Bonchev–Trinajstić information content (AvgIpc) is 2.18. The average molecular weight is 206 g/mol. The number of amides is 2. The Hall–Kier alpha value is -1.91. The lowest BCUT2D eigenvalue weighted by molar-refractivity contribution is -0.119. The number of nitrogens with one attached hydrogen (secondary N) is 2. The summed E-state index contributed by atoms with van der Waals surface area (Å²) in [5.41, 5.74) is 0.602. The van der Waals surface area contributed by atoms with E-state index in [1.54, 1.807) is 6.07 Å². The van der Waals surface area contributed by atoms with Gasteiger partial charge in [-0.3, -0.25) is 14.6 Å². The van der Waals surface area contributed by atoms with Crippen molar-refractivity contribution < 1.29 is 9.59 Å². The topological polar surface area (TPSA) is 71.1 Å². The van der Waals surface area contributed by atoms with Gasteiger partial charge in [0.2, 0.25) is 11.8 Å². The Morgan fingerprint density at radius 1 is 1.53 bits per heavy atom. The normalized spacial score (nSPS) is 9.40. The van der Waals surface area contributed by atoms with Crippen LogP contribution in [-0.4, -0.2) is 23.3 Å². The van der Waals surface area contributed by atoms with E-state index in [1.807, 2.05) is 0 Å². The summed E-state index contributed by atoms with van der Waals surface area (Å²) in [5.74, 6) is -0.303. The number of anilines is 1. The molecule has 0 aliphatic carbocycles. The number of carbonyl (C=O) groups excluding carboxylic acids is 2. The van der Waals surface area contributed by atoms with Crippen molar-refractivity contribution >= 4 is 17.5 Å². The standard InChI is InChI=1S/C10H12N3O2/c1-8(14)12-6-4-10(15)13-9-3-2-5-11-7-9/h3,5,7H,4,6H2,1H3,(H,12,14)(H,13,15). The summed E-state index contributed by atoms with van der Waals surface area (Å²) >= 11 is 0. The van der Waals surface area contributed by atoms with Crippen molar-refractivity contribution in [1.29, 1.82) is 0 Å². The zero-order chi connectivity index (χ0) is 11.1. The van der Waals surface area contributed by atoms with Crippen LogP contribution in [0.5, 0.6) is 0 Å². The third kappa shape index (κ3) is 4.75. The van der Waals surface area contributed by atoms with Gasteiger partial charge in [0.15, 0.2) is 0 Å². The van der Waals surface area contributed by atoms with E-state index in [0.29, 0.717) is 12.2 Å². The predicted molar refractivity (Wildman–Crippen MR) is 55.0 cm³/mol. The molecule has 15 heavy (non-hydrogen) atoms. The van der Waals surface area contributed by atoms with E-state index in [0.717, 1.165) is 0 Å². The van der Waals surface area contributed by atoms with E-state index in [4.69, 9.17) is 0 Å². The van der Waals surface area contributed by atoms with Crippen LogP contribution in [0, 0.1) is 6.07 Å². The first-order valence-electron chi connectivity index (χ1n) is 4.54. The van der Waals surface area contributed by atoms with Crippen molar-refractivity contribution in [3.63, 3.8) is 0 Å². The molecule has 1 aromatic heterocycles. The molecule has 2 amide bonds. The van der Waals surface area contributed by atoms with Gasteiger partial charge < -0.3 is 10.6 Å². The molecule has 0 aromatic carbocycles. The SMILES string of the molecule is CC(=O)NCCC(=O)Nc1c[c]cnc1. The lowest BCUT2D eigenvalue weighted by Gasteiger charge is -2.04. The maximum atomic E-state index is 11.3. The van der Waals surface area contributed by atoms with Gasteiger partial charge in [-0.25, -0.2) is 0 Å². The maximum absolute atomic E-state index is 11.3. The summed E-state index contributed by atoms with van der Waals surface area (Å²) in [6, 6.07) is 4.37. The fraction of sp³-hybridized carbons (Fsp3) is 0.300. The number of carbonyl (C=O) groups is 2. The number of aromatic nitrogens is 1. The molecule has 79 valence electrons. The Labute approximate surface area is 87.9 Å². The molecule has 5 heteroatoms. The molecule has 1 heterocycles. The van der Waals surface area contributed by atoms with Crippen LogP contribution in [0.15, 0.2) is 18.5 Å². The van der Waals surface area contributed by atoms with Crippen molar-refractivity contribution in [3.05, 3.63) is 24.5 Å². The Morgan fingerprint density at radius 3 is 2.93 bits per heavy atom. The lowest BCUT2D eigenvalue weighted by atomic mass is 10.3. The minimum absolute atomic E-state index is 0.141. The van der Waals surface area contributed by atoms with Crippen molar-refractivity contribution in [2.24, 2.45) is 0 Å². The van der Waals surface area contributed by atoms with Crippen LogP contribution in [0.1, 0.15) is 13.3 Å². The molecule has 0 saturated heterocycles. The monoisotopic (exact) mass is 206 g/mol. The van der Waals surface area contributed by atoms with E-state index in [1.165, 1.54) is 19.3 Å². The number of pyridine rings is 1. The fourth-order valence-electron chi connectivity index (χ4n) is 0.969. The van der Waals surface area contributed by atoms with Gasteiger partial charge in [0.05, 0.1) is 11.9 Å². The van der Waals surface area contributed by atoms with E-state index in [9.17, 15) is 9.59 Å². The minimum Gasteiger partial charge on any atom is -0.356 e. The second-order valence-corrected chi connectivity index (χ2v) is 2.95. The van der Waals surface area contributed by atoms with Gasteiger partial charge in [-0.2, -0.15) is 0 Å². The van der Waals surface area contributed by atoms with Gasteiger partial charge in [0, 0.05) is 32.2 Å². The van der Waals surface area contributed by atoms with E-state index in [-0.39, 0.29) is 18.2 Å². The molecule has 0 fully saturated rings. The first kappa shape index (κ1) is 11.2. The maximum Gasteiger partial charge on any atom is 0.226 e. The van der Waals surface area contributed by atoms with Crippen molar-refractivity contribution in [3.8, 4) is 0 Å². The first-order valence-corrected chi connectivity index (χ1v) is 4.54. The van der Waals surface area contributed by atoms with Gasteiger partial charge in [-0.1, -0.05) is 0 Å². The fourth-order valence-corrected chi connectivity index (χ4v) is 0.969. The van der Waals surface area contributed by atoms with Gasteiger partial charge in [-0.15, -0.1) is 0 Å². The molecule has 1 rings (SSSR count). The van der Waals surface area contributed by atoms with Crippen molar-refractivity contribution in [2.75, 3.05) is 11.9 Å². The number of hydrogen-bond acceptors (Lipinski definition) is 3. The van der Waals surface area contributed by atoms with Crippen LogP contribution < -0.4 is 10.6 Å². The van der Waals surface area contributed by atoms with Crippen molar-refractivity contribution in [1.82, 2.24) is 10.3 Å². The van der Waals surface area contributed by atoms with E-state index >= 15 is 0 Å². The van der Waals surface area contributed by atoms with Crippen LogP contribution in [0.3, 0.4) is 0 Å². The minimum atomic E-state index is -0.162. The molecule has 0 unspecified atom stereocenters. The lowest BCUT2D eigenvalue weighted by Crippen LogP contribution is -2.25. The summed E-state index contributed by atoms with van der Waals surface area (Å²) in [7, 11) is 0. The molecule has 0 aliphatic rings. The highest BCUT2D eigenvalue weighted by Gasteiger charge is 2.01. The second-order valence-electron chi connectivity index (χ2n) is 2.95. The molecule has 2 N–H and O–H groups in total. The molecule has 0 atom stereocenters. The van der Waals surface area contributed by atoms with Gasteiger partial charge in [0.25, 0.3) is 0 Å². The molecule has 0 saturated carbocycles. The smallest absolute Gasteiger partial charge is 0.226 e. The third-order valence-corrected chi connectivity index (χ3v) is 1.61. The predicted octanol–water partition coefficient (Wildman–Crippen LogP) is 0.346. The van der Waals surface area contributed by atoms with Crippen LogP contribution in [0.2, 0.25) is 0 Å². The van der Waals surface area contributed by atoms with Crippen LogP contribution in [-0.2, 0) is 9.59 Å². The van der Waals surface area contributed by atoms with Gasteiger partial charge in [-0.05, 0) is 6.07 Å². The number of nitrogens with zero attached hydrogens (tertiary/aromatic N) is 1. The Balaban J connectivity index is 2.28.